The van der Waals surface area contributed by atoms with E-state index in [4.69, 9.17) is 17.3 Å². The highest BCUT2D eigenvalue weighted by molar-refractivity contribution is 9.10. The lowest BCUT2D eigenvalue weighted by Crippen LogP contribution is -2.14. The van der Waals surface area contributed by atoms with Crippen LogP contribution >= 0.6 is 27.5 Å². The third-order valence-electron chi connectivity index (χ3n) is 2.80. The topological polar surface area (TPSA) is 55.1 Å². The van der Waals surface area contributed by atoms with Crippen LogP contribution in [0, 0.1) is 6.92 Å². The number of hydrogen-bond donors (Lipinski definition) is 2. The van der Waals surface area contributed by atoms with Crippen molar-refractivity contribution in [1.82, 2.24) is 0 Å². The second-order valence-corrected chi connectivity index (χ2v) is 5.36. The fourth-order valence-electron chi connectivity index (χ4n) is 1.67. The Morgan fingerprint density at radius 1 is 1.32 bits per heavy atom. The number of nitrogen functional groups attached to an aromatic ring is 1. The van der Waals surface area contributed by atoms with E-state index < -0.39 is 0 Å². The van der Waals surface area contributed by atoms with Gasteiger partial charge in [-0.1, -0.05) is 17.7 Å². The van der Waals surface area contributed by atoms with Gasteiger partial charge in [0, 0.05) is 21.4 Å². The molecule has 3 nitrogen and oxygen atoms in total. The molecular weight excluding hydrogens is 328 g/mol. The van der Waals surface area contributed by atoms with Crippen molar-refractivity contribution in [2.45, 2.75) is 6.92 Å². The van der Waals surface area contributed by atoms with Gasteiger partial charge in [-0.2, -0.15) is 0 Å². The summed E-state index contributed by atoms with van der Waals surface area (Å²) >= 11 is 9.28. The van der Waals surface area contributed by atoms with Gasteiger partial charge in [-0.25, -0.2) is 0 Å². The molecule has 0 heterocycles. The number of nitrogens with one attached hydrogen (secondary N) is 1. The molecule has 98 valence electrons. The van der Waals surface area contributed by atoms with E-state index in [0.717, 1.165) is 10.0 Å². The van der Waals surface area contributed by atoms with Crippen molar-refractivity contribution in [3.05, 3.63) is 57.0 Å². The largest absolute Gasteiger partial charge is 0.398 e. The Labute approximate surface area is 124 Å². The van der Waals surface area contributed by atoms with Gasteiger partial charge in [0.05, 0.1) is 5.02 Å². The molecule has 0 aromatic heterocycles. The van der Waals surface area contributed by atoms with E-state index in [1.54, 1.807) is 36.4 Å². The highest BCUT2D eigenvalue weighted by atomic mass is 79.9. The summed E-state index contributed by atoms with van der Waals surface area (Å²) < 4.78 is 0.785. The third-order valence-corrected chi connectivity index (χ3v) is 4.03. The molecule has 2 aromatic rings. The molecule has 0 saturated carbocycles. The number of nitrogens with two attached hydrogens (primary N) is 1. The first-order valence-electron chi connectivity index (χ1n) is 5.60. The van der Waals surface area contributed by atoms with Gasteiger partial charge in [0.15, 0.2) is 0 Å². The van der Waals surface area contributed by atoms with Gasteiger partial charge in [-0.05, 0) is 58.7 Å². The smallest absolute Gasteiger partial charge is 0.256 e. The average Bonchev–Trinajstić information content (AvgIpc) is 2.37. The Morgan fingerprint density at radius 3 is 2.74 bits per heavy atom. The van der Waals surface area contributed by atoms with Crippen LogP contribution in [0.4, 0.5) is 11.4 Å². The lowest BCUT2D eigenvalue weighted by Gasteiger charge is -2.10. The van der Waals surface area contributed by atoms with Crippen molar-refractivity contribution in [2.75, 3.05) is 11.1 Å². The molecule has 0 saturated heterocycles. The summed E-state index contributed by atoms with van der Waals surface area (Å²) in [6.45, 7) is 1.82. The monoisotopic (exact) mass is 338 g/mol. The van der Waals surface area contributed by atoms with E-state index in [2.05, 4.69) is 21.2 Å². The van der Waals surface area contributed by atoms with Crippen molar-refractivity contribution in [3.63, 3.8) is 0 Å². The Bertz CT molecular complexity index is 643. The van der Waals surface area contributed by atoms with Crippen LogP contribution in [0.15, 0.2) is 40.9 Å². The summed E-state index contributed by atoms with van der Waals surface area (Å²) in [6.07, 6.45) is 0. The summed E-state index contributed by atoms with van der Waals surface area (Å²) in [4.78, 5) is 12.2. The minimum Gasteiger partial charge on any atom is -0.398 e. The molecule has 0 atom stereocenters. The van der Waals surface area contributed by atoms with Crippen LogP contribution in [0.2, 0.25) is 5.02 Å². The average molecular weight is 340 g/mol. The molecule has 0 radical (unpaired) electrons. The first kappa shape index (κ1) is 13.9. The molecule has 0 fully saturated rings. The van der Waals surface area contributed by atoms with Crippen LogP contribution in [0.3, 0.4) is 0 Å². The number of hydrogen-bond acceptors (Lipinski definition) is 2. The number of amides is 1. The predicted octanol–water partition coefficient (Wildman–Crippen LogP) is 4.25. The number of halogens is 2. The maximum absolute atomic E-state index is 12.2. The third kappa shape index (κ3) is 3.08. The molecule has 0 aliphatic heterocycles. The van der Waals surface area contributed by atoms with Crippen molar-refractivity contribution in [2.24, 2.45) is 0 Å². The highest BCUT2D eigenvalue weighted by Gasteiger charge is 2.11. The lowest BCUT2D eigenvalue weighted by atomic mass is 10.1. The lowest BCUT2D eigenvalue weighted by molar-refractivity contribution is 0.102. The fourth-order valence-corrected chi connectivity index (χ4v) is 2.10. The van der Waals surface area contributed by atoms with Gasteiger partial charge in [0.1, 0.15) is 0 Å². The Hall–Kier alpha value is -1.52. The molecule has 0 spiro atoms. The zero-order valence-electron chi connectivity index (χ0n) is 10.2. The summed E-state index contributed by atoms with van der Waals surface area (Å²) in [5, 5.41) is 3.34. The first-order chi connectivity index (χ1) is 8.99. The zero-order chi connectivity index (χ0) is 14.0. The molecule has 0 aliphatic carbocycles. The maximum atomic E-state index is 12.2. The summed E-state index contributed by atoms with van der Waals surface area (Å²) in [5.74, 6) is -0.205. The molecule has 0 aliphatic rings. The molecule has 2 rings (SSSR count). The Balaban J connectivity index is 2.26. The van der Waals surface area contributed by atoms with Crippen molar-refractivity contribution in [1.29, 1.82) is 0 Å². The minimum atomic E-state index is -0.205. The van der Waals surface area contributed by atoms with Crippen LogP contribution in [-0.4, -0.2) is 5.91 Å². The quantitative estimate of drug-likeness (QED) is 0.804. The molecule has 0 unspecified atom stereocenters. The molecule has 3 N–H and O–H groups in total. The number of rotatable bonds is 2. The summed E-state index contributed by atoms with van der Waals surface area (Å²) in [6, 6.07) is 10.5. The van der Waals surface area contributed by atoms with E-state index in [9.17, 15) is 4.79 Å². The normalized spacial score (nSPS) is 10.3. The van der Waals surface area contributed by atoms with Crippen LogP contribution in [0.25, 0.3) is 0 Å². The van der Waals surface area contributed by atoms with Gasteiger partial charge in [0.25, 0.3) is 5.91 Å². The standard InChI is InChI=1S/C14H12BrClN2O/c1-8-10(3-2-4-13(8)17)14(19)18-9-5-6-11(15)12(16)7-9/h2-7H,17H2,1H3,(H,18,19). The van der Waals surface area contributed by atoms with Crippen LogP contribution < -0.4 is 11.1 Å². The van der Waals surface area contributed by atoms with Gasteiger partial charge < -0.3 is 11.1 Å². The second kappa shape index (κ2) is 5.63. The van der Waals surface area contributed by atoms with Crippen LogP contribution in [-0.2, 0) is 0 Å². The molecule has 2 aromatic carbocycles. The van der Waals surface area contributed by atoms with Gasteiger partial charge in [-0.15, -0.1) is 0 Å². The van der Waals surface area contributed by atoms with E-state index in [-0.39, 0.29) is 5.91 Å². The number of anilines is 2. The van der Waals surface area contributed by atoms with Crippen molar-refractivity contribution in [3.8, 4) is 0 Å². The van der Waals surface area contributed by atoms with Crippen molar-refractivity contribution < 1.29 is 4.79 Å². The van der Waals surface area contributed by atoms with E-state index >= 15 is 0 Å². The van der Waals surface area contributed by atoms with Gasteiger partial charge in [0.2, 0.25) is 0 Å². The first-order valence-corrected chi connectivity index (χ1v) is 6.77. The van der Waals surface area contributed by atoms with Crippen LogP contribution in [0.5, 0.6) is 0 Å². The zero-order valence-corrected chi connectivity index (χ0v) is 12.5. The summed E-state index contributed by atoms with van der Waals surface area (Å²) in [7, 11) is 0. The molecule has 1 amide bonds. The number of benzene rings is 2. The molecular formula is C14H12BrClN2O. The highest BCUT2D eigenvalue weighted by Crippen LogP contribution is 2.26. The fraction of sp³-hybridized carbons (Fsp3) is 0.0714. The van der Waals surface area contributed by atoms with Crippen molar-refractivity contribution >= 4 is 44.8 Å². The summed E-state index contributed by atoms with van der Waals surface area (Å²) in [5.41, 5.74) is 8.35. The number of carbonyl (C=O) groups is 1. The second-order valence-electron chi connectivity index (χ2n) is 4.10. The van der Waals surface area contributed by atoms with E-state index in [1.807, 2.05) is 6.92 Å². The SMILES string of the molecule is Cc1c(N)cccc1C(=O)Nc1ccc(Br)c(Cl)c1. The maximum Gasteiger partial charge on any atom is 0.256 e. The van der Waals surface area contributed by atoms with E-state index in [0.29, 0.717) is 22.0 Å². The molecule has 5 heteroatoms. The molecule has 0 bridgehead atoms. The predicted molar refractivity (Wildman–Crippen MR) is 82.7 cm³/mol. The minimum absolute atomic E-state index is 0.205. The van der Waals surface area contributed by atoms with Gasteiger partial charge >= 0.3 is 0 Å². The molecule has 19 heavy (non-hydrogen) atoms. The number of carbonyl (C=O) groups excluding carboxylic acids is 1. The van der Waals surface area contributed by atoms with Gasteiger partial charge in [-0.3, -0.25) is 4.79 Å². The Kier molecular flexibility index (Phi) is 4.12. The van der Waals surface area contributed by atoms with E-state index in [1.165, 1.54) is 0 Å². The van der Waals surface area contributed by atoms with Crippen LogP contribution in [0.1, 0.15) is 15.9 Å². The Morgan fingerprint density at radius 2 is 2.05 bits per heavy atom.